The van der Waals surface area contributed by atoms with Crippen LogP contribution in [0.4, 0.5) is 0 Å². The third kappa shape index (κ3) is 5.51. The van der Waals surface area contributed by atoms with Crippen molar-refractivity contribution in [3.8, 4) is 0 Å². The summed E-state index contributed by atoms with van der Waals surface area (Å²) < 4.78 is 5.93. The van der Waals surface area contributed by atoms with Crippen LogP contribution in [0, 0.1) is 11.8 Å². The van der Waals surface area contributed by atoms with Crippen molar-refractivity contribution >= 4 is 0 Å². The molecular formula is C27H37NO2. The van der Waals surface area contributed by atoms with Gasteiger partial charge in [-0.2, -0.15) is 0 Å². The Morgan fingerprint density at radius 3 is 2.30 bits per heavy atom. The molecule has 3 heteroatoms. The van der Waals surface area contributed by atoms with Crippen LogP contribution in [-0.2, 0) is 11.3 Å². The minimum atomic E-state index is 0.155. The molecule has 162 valence electrons. The molecular weight excluding hydrogens is 370 g/mol. The van der Waals surface area contributed by atoms with Crippen LogP contribution in [-0.4, -0.2) is 35.8 Å². The van der Waals surface area contributed by atoms with Gasteiger partial charge in [-0.1, -0.05) is 73.5 Å². The summed E-state index contributed by atoms with van der Waals surface area (Å²) in [6.45, 7) is 2.95. The normalized spacial score (nSPS) is 26.0. The van der Waals surface area contributed by atoms with Gasteiger partial charge in [0.25, 0.3) is 0 Å². The first-order valence-corrected chi connectivity index (χ1v) is 11.9. The Morgan fingerprint density at radius 1 is 0.900 bits per heavy atom. The van der Waals surface area contributed by atoms with Crippen molar-refractivity contribution in [2.45, 2.75) is 63.6 Å². The fourth-order valence-corrected chi connectivity index (χ4v) is 5.66. The summed E-state index contributed by atoms with van der Waals surface area (Å²) in [7, 11) is 0. The predicted molar refractivity (Wildman–Crippen MR) is 122 cm³/mol. The molecule has 1 N–H and O–H groups in total. The maximum atomic E-state index is 10.1. The quantitative estimate of drug-likeness (QED) is 0.549. The average molecular weight is 408 g/mol. The highest BCUT2D eigenvalue weighted by atomic mass is 16.5. The van der Waals surface area contributed by atoms with Crippen molar-refractivity contribution in [1.82, 2.24) is 4.90 Å². The second-order valence-electron chi connectivity index (χ2n) is 9.16. The number of hydrogen-bond donors (Lipinski definition) is 1. The van der Waals surface area contributed by atoms with Gasteiger partial charge in [-0.15, -0.1) is 0 Å². The highest BCUT2D eigenvalue weighted by Gasteiger charge is 2.37. The van der Waals surface area contributed by atoms with E-state index in [1.54, 1.807) is 0 Å². The van der Waals surface area contributed by atoms with E-state index in [2.05, 4.69) is 65.6 Å². The molecule has 1 saturated heterocycles. The summed E-state index contributed by atoms with van der Waals surface area (Å²) >= 11 is 0. The van der Waals surface area contributed by atoms with Crippen LogP contribution in [0.1, 0.15) is 62.1 Å². The van der Waals surface area contributed by atoms with Gasteiger partial charge in [0, 0.05) is 12.6 Å². The minimum Gasteiger partial charge on any atom is -0.394 e. The summed E-state index contributed by atoms with van der Waals surface area (Å²) in [5, 5.41) is 10.1. The minimum absolute atomic E-state index is 0.155. The van der Waals surface area contributed by atoms with Crippen molar-refractivity contribution in [2.24, 2.45) is 11.8 Å². The first-order valence-electron chi connectivity index (χ1n) is 11.9. The van der Waals surface area contributed by atoms with Crippen LogP contribution in [0.2, 0.25) is 0 Å². The maximum absolute atomic E-state index is 10.1. The van der Waals surface area contributed by atoms with Crippen molar-refractivity contribution in [2.75, 3.05) is 19.8 Å². The molecule has 1 aliphatic carbocycles. The molecule has 2 aromatic carbocycles. The van der Waals surface area contributed by atoms with Gasteiger partial charge in [0.15, 0.2) is 0 Å². The van der Waals surface area contributed by atoms with Crippen LogP contribution in [0.25, 0.3) is 0 Å². The van der Waals surface area contributed by atoms with E-state index in [9.17, 15) is 5.11 Å². The van der Waals surface area contributed by atoms with Gasteiger partial charge in [-0.05, 0) is 61.6 Å². The molecule has 1 saturated carbocycles. The maximum Gasteiger partial charge on any atom is 0.0716 e. The van der Waals surface area contributed by atoms with Gasteiger partial charge in [0.05, 0.1) is 19.3 Å². The highest BCUT2D eigenvalue weighted by Crippen LogP contribution is 2.40. The van der Waals surface area contributed by atoms with Gasteiger partial charge in [-0.3, -0.25) is 4.90 Å². The van der Waals surface area contributed by atoms with Crippen LogP contribution in [0.3, 0.4) is 0 Å². The van der Waals surface area contributed by atoms with E-state index >= 15 is 0 Å². The Bertz CT molecular complexity index is 727. The zero-order valence-corrected chi connectivity index (χ0v) is 18.2. The SMILES string of the molecule is OC[C@H](c1ccccc1)N1CCC[C@@H]1C1CCC(CCOCc2ccccc2)CC1. The molecule has 0 spiro atoms. The van der Waals surface area contributed by atoms with Crippen molar-refractivity contribution in [3.63, 3.8) is 0 Å². The van der Waals surface area contributed by atoms with E-state index < -0.39 is 0 Å². The van der Waals surface area contributed by atoms with Gasteiger partial charge in [0.1, 0.15) is 0 Å². The number of aliphatic hydroxyl groups excluding tert-OH is 1. The lowest BCUT2D eigenvalue weighted by Gasteiger charge is -2.40. The molecule has 2 aromatic rings. The van der Waals surface area contributed by atoms with Crippen LogP contribution >= 0.6 is 0 Å². The Morgan fingerprint density at radius 2 is 1.60 bits per heavy atom. The number of benzene rings is 2. The topological polar surface area (TPSA) is 32.7 Å². The third-order valence-corrected chi connectivity index (χ3v) is 7.32. The second kappa shape index (κ2) is 11.1. The Balaban J connectivity index is 1.23. The first kappa shape index (κ1) is 21.5. The van der Waals surface area contributed by atoms with Crippen LogP contribution in [0.5, 0.6) is 0 Å². The highest BCUT2D eigenvalue weighted by molar-refractivity contribution is 5.20. The van der Waals surface area contributed by atoms with Gasteiger partial charge >= 0.3 is 0 Å². The molecule has 2 atom stereocenters. The molecule has 0 radical (unpaired) electrons. The number of rotatable bonds is 9. The summed E-state index contributed by atoms with van der Waals surface area (Å²) in [6, 6.07) is 21.8. The summed E-state index contributed by atoms with van der Waals surface area (Å²) in [6.07, 6.45) is 9.07. The molecule has 0 amide bonds. The number of likely N-dealkylation sites (tertiary alicyclic amines) is 1. The van der Waals surface area contributed by atoms with Crippen molar-refractivity contribution in [1.29, 1.82) is 0 Å². The van der Waals surface area contributed by atoms with E-state index in [0.29, 0.717) is 6.04 Å². The standard InChI is InChI=1S/C27H37NO2/c29-20-27(24-10-5-2-6-11-24)28-18-7-12-26(28)25-15-13-22(14-16-25)17-19-30-21-23-8-3-1-4-9-23/h1-6,8-11,22,25-27,29H,7,12-21H2/t22?,25?,26-,27-/m1/s1. The predicted octanol–water partition coefficient (Wildman–Crippen LogP) is 5.60. The smallest absolute Gasteiger partial charge is 0.0716 e. The third-order valence-electron chi connectivity index (χ3n) is 7.32. The fraction of sp³-hybridized carbons (Fsp3) is 0.556. The number of nitrogens with zero attached hydrogens (tertiary/aromatic N) is 1. The number of aliphatic hydroxyl groups is 1. The lowest BCUT2D eigenvalue weighted by atomic mass is 9.76. The number of hydrogen-bond acceptors (Lipinski definition) is 3. The molecule has 1 heterocycles. The fourth-order valence-electron chi connectivity index (χ4n) is 5.66. The Kier molecular flexibility index (Phi) is 7.96. The number of ether oxygens (including phenoxy) is 1. The zero-order chi connectivity index (χ0) is 20.6. The molecule has 3 nitrogen and oxygen atoms in total. The molecule has 2 fully saturated rings. The van der Waals surface area contributed by atoms with E-state index in [1.165, 1.54) is 56.1 Å². The van der Waals surface area contributed by atoms with Gasteiger partial charge in [-0.25, -0.2) is 0 Å². The molecule has 4 rings (SSSR count). The molecule has 1 aliphatic heterocycles. The molecule has 30 heavy (non-hydrogen) atoms. The largest absolute Gasteiger partial charge is 0.394 e. The van der Waals surface area contributed by atoms with Crippen LogP contribution < -0.4 is 0 Å². The second-order valence-corrected chi connectivity index (χ2v) is 9.16. The van der Waals surface area contributed by atoms with Crippen LogP contribution in [0.15, 0.2) is 60.7 Å². The lowest BCUT2D eigenvalue weighted by molar-refractivity contribution is 0.0600. The zero-order valence-electron chi connectivity index (χ0n) is 18.2. The van der Waals surface area contributed by atoms with Crippen molar-refractivity contribution in [3.05, 3.63) is 71.8 Å². The van der Waals surface area contributed by atoms with Crippen molar-refractivity contribution < 1.29 is 9.84 Å². The van der Waals surface area contributed by atoms with Gasteiger partial charge < -0.3 is 9.84 Å². The van der Waals surface area contributed by atoms with E-state index in [1.807, 2.05) is 0 Å². The molecule has 0 unspecified atom stereocenters. The monoisotopic (exact) mass is 407 g/mol. The Hall–Kier alpha value is -1.68. The molecule has 2 aliphatic rings. The average Bonchev–Trinajstić information content (AvgIpc) is 3.29. The van der Waals surface area contributed by atoms with E-state index in [0.717, 1.165) is 31.6 Å². The first-order chi connectivity index (χ1) is 14.8. The van der Waals surface area contributed by atoms with Gasteiger partial charge in [0.2, 0.25) is 0 Å². The lowest BCUT2D eigenvalue weighted by Crippen LogP contribution is -2.41. The Labute approximate surface area is 182 Å². The molecule has 0 bridgehead atoms. The van der Waals surface area contributed by atoms with E-state index in [-0.39, 0.29) is 12.6 Å². The van der Waals surface area contributed by atoms with E-state index in [4.69, 9.17) is 4.74 Å². The summed E-state index contributed by atoms with van der Waals surface area (Å²) in [5.41, 5.74) is 2.52. The summed E-state index contributed by atoms with van der Waals surface area (Å²) in [4.78, 5) is 2.61. The molecule has 0 aromatic heterocycles. The summed E-state index contributed by atoms with van der Waals surface area (Å²) in [5.74, 6) is 1.60.